The van der Waals surface area contributed by atoms with Crippen molar-refractivity contribution in [3.8, 4) is 0 Å². The molecule has 2 aromatic rings. The second kappa shape index (κ2) is 5.73. The van der Waals surface area contributed by atoms with E-state index in [1.54, 1.807) is 6.07 Å². The molecule has 1 aliphatic rings. The third kappa shape index (κ3) is 2.76. The summed E-state index contributed by atoms with van der Waals surface area (Å²) in [7, 11) is 0. The second-order valence-corrected chi connectivity index (χ2v) is 5.04. The number of hydrogen-bond acceptors (Lipinski definition) is 4. The van der Waals surface area contributed by atoms with Crippen LogP contribution in [-0.4, -0.2) is 10.8 Å². The number of amides is 1. The SMILES string of the molecule is O=C(Nc1c(F)cccc1F)[C@H]1NCc2ccc([N+](=O)[O-])cc21. The van der Waals surface area contributed by atoms with Crippen molar-refractivity contribution >= 4 is 17.3 Å². The topological polar surface area (TPSA) is 84.3 Å². The van der Waals surface area contributed by atoms with E-state index < -0.39 is 34.2 Å². The first-order valence-electron chi connectivity index (χ1n) is 6.73. The summed E-state index contributed by atoms with van der Waals surface area (Å²) in [5.41, 5.74) is 0.457. The number of benzene rings is 2. The lowest BCUT2D eigenvalue weighted by Gasteiger charge is -2.13. The van der Waals surface area contributed by atoms with Gasteiger partial charge in [-0.2, -0.15) is 0 Å². The van der Waals surface area contributed by atoms with Crippen LogP contribution in [-0.2, 0) is 11.3 Å². The smallest absolute Gasteiger partial charge is 0.269 e. The Kier molecular flexibility index (Phi) is 3.75. The average molecular weight is 319 g/mol. The summed E-state index contributed by atoms with van der Waals surface area (Å²) in [6, 6.07) is 6.52. The van der Waals surface area contributed by atoms with Gasteiger partial charge in [0.05, 0.1) is 4.92 Å². The van der Waals surface area contributed by atoms with Gasteiger partial charge in [-0.05, 0) is 23.3 Å². The average Bonchev–Trinajstić information content (AvgIpc) is 2.94. The molecule has 0 unspecified atom stereocenters. The highest BCUT2D eigenvalue weighted by Gasteiger charge is 2.30. The van der Waals surface area contributed by atoms with Crippen LogP contribution in [0.4, 0.5) is 20.2 Å². The van der Waals surface area contributed by atoms with Gasteiger partial charge in [0.2, 0.25) is 5.91 Å². The maximum Gasteiger partial charge on any atom is 0.269 e. The van der Waals surface area contributed by atoms with Crippen LogP contribution < -0.4 is 10.6 Å². The van der Waals surface area contributed by atoms with Gasteiger partial charge in [-0.1, -0.05) is 12.1 Å². The van der Waals surface area contributed by atoms with Crippen LogP contribution in [0.5, 0.6) is 0 Å². The Morgan fingerprint density at radius 1 is 1.26 bits per heavy atom. The molecule has 0 bridgehead atoms. The number of rotatable bonds is 3. The maximum absolute atomic E-state index is 13.6. The Balaban J connectivity index is 1.89. The molecular weight excluding hydrogens is 308 g/mol. The zero-order chi connectivity index (χ0) is 16.6. The van der Waals surface area contributed by atoms with Crippen molar-refractivity contribution in [3.63, 3.8) is 0 Å². The Bertz CT molecular complexity index is 790. The molecule has 3 rings (SSSR count). The zero-order valence-electron chi connectivity index (χ0n) is 11.7. The van der Waals surface area contributed by atoms with Crippen molar-refractivity contribution in [2.45, 2.75) is 12.6 Å². The van der Waals surface area contributed by atoms with Crippen molar-refractivity contribution in [1.29, 1.82) is 0 Å². The van der Waals surface area contributed by atoms with Crippen LogP contribution in [0.15, 0.2) is 36.4 Å². The highest BCUT2D eigenvalue weighted by Crippen LogP contribution is 2.30. The number of non-ortho nitro benzene ring substituents is 1. The van der Waals surface area contributed by atoms with E-state index in [0.29, 0.717) is 12.1 Å². The summed E-state index contributed by atoms with van der Waals surface area (Å²) in [6.07, 6.45) is 0. The molecule has 2 aromatic carbocycles. The monoisotopic (exact) mass is 319 g/mol. The van der Waals surface area contributed by atoms with Gasteiger partial charge in [0.25, 0.3) is 5.69 Å². The predicted molar refractivity (Wildman–Crippen MR) is 77.7 cm³/mol. The number of nitro groups is 1. The summed E-state index contributed by atoms with van der Waals surface area (Å²) >= 11 is 0. The third-order valence-corrected chi connectivity index (χ3v) is 3.62. The van der Waals surface area contributed by atoms with E-state index in [9.17, 15) is 23.7 Å². The number of nitro benzene ring substituents is 1. The molecule has 1 aliphatic heterocycles. The van der Waals surface area contributed by atoms with E-state index in [1.165, 1.54) is 18.2 Å². The van der Waals surface area contributed by atoms with Crippen LogP contribution in [0, 0.1) is 21.7 Å². The van der Waals surface area contributed by atoms with E-state index in [1.807, 2.05) is 0 Å². The lowest BCUT2D eigenvalue weighted by Crippen LogP contribution is -2.28. The molecule has 0 aliphatic carbocycles. The van der Waals surface area contributed by atoms with Gasteiger partial charge in [0.1, 0.15) is 23.4 Å². The first-order valence-corrected chi connectivity index (χ1v) is 6.73. The van der Waals surface area contributed by atoms with Gasteiger partial charge in [-0.25, -0.2) is 8.78 Å². The molecule has 1 amide bonds. The molecule has 0 fully saturated rings. The first kappa shape index (κ1) is 15.0. The van der Waals surface area contributed by atoms with Crippen LogP contribution in [0.1, 0.15) is 17.2 Å². The molecule has 118 valence electrons. The largest absolute Gasteiger partial charge is 0.320 e. The highest BCUT2D eigenvalue weighted by atomic mass is 19.1. The van der Waals surface area contributed by atoms with Crippen molar-refractivity contribution in [2.75, 3.05) is 5.32 Å². The van der Waals surface area contributed by atoms with E-state index >= 15 is 0 Å². The summed E-state index contributed by atoms with van der Waals surface area (Å²) in [5.74, 6) is -2.47. The molecule has 1 heterocycles. The minimum atomic E-state index is -0.913. The number of fused-ring (bicyclic) bond motifs is 1. The molecule has 0 spiro atoms. The zero-order valence-corrected chi connectivity index (χ0v) is 11.7. The number of halogens is 2. The number of carbonyl (C=O) groups is 1. The molecule has 1 atom stereocenters. The fourth-order valence-corrected chi connectivity index (χ4v) is 2.49. The van der Waals surface area contributed by atoms with Gasteiger partial charge in [0, 0.05) is 18.7 Å². The number of nitrogens with one attached hydrogen (secondary N) is 2. The summed E-state index contributed by atoms with van der Waals surface area (Å²) < 4.78 is 27.2. The first-order chi connectivity index (χ1) is 11.0. The fourth-order valence-electron chi connectivity index (χ4n) is 2.49. The Labute approximate surface area is 129 Å². The van der Waals surface area contributed by atoms with Gasteiger partial charge in [0.15, 0.2) is 0 Å². The van der Waals surface area contributed by atoms with Gasteiger partial charge in [-0.15, -0.1) is 0 Å². The van der Waals surface area contributed by atoms with Crippen molar-refractivity contribution in [2.24, 2.45) is 0 Å². The lowest BCUT2D eigenvalue weighted by atomic mass is 10.0. The van der Waals surface area contributed by atoms with Gasteiger partial charge in [-0.3, -0.25) is 20.2 Å². The number of anilines is 1. The molecule has 0 radical (unpaired) electrons. The summed E-state index contributed by atoms with van der Waals surface area (Å²) in [6.45, 7) is 0.338. The molecule has 0 saturated heterocycles. The lowest BCUT2D eigenvalue weighted by molar-refractivity contribution is -0.384. The Hall–Kier alpha value is -2.87. The van der Waals surface area contributed by atoms with Gasteiger partial charge < -0.3 is 5.32 Å². The van der Waals surface area contributed by atoms with Crippen LogP contribution in [0.2, 0.25) is 0 Å². The molecule has 0 saturated carbocycles. The standard InChI is InChI=1S/C15H11F2N3O3/c16-11-2-1-3-12(17)14(11)19-15(21)13-10-6-9(20(22)23)5-4-8(10)7-18-13/h1-6,13,18H,7H2,(H,19,21)/t13-/m0/s1. The predicted octanol–water partition coefficient (Wildman–Crippen LogP) is 2.66. The maximum atomic E-state index is 13.6. The van der Waals surface area contributed by atoms with E-state index in [2.05, 4.69) is 10.6 Å². The van der Waals surface area contributed by atoms with Crippen LogP contribution in [0.25, 0.3) is 0 Å². The Morgan fingerprint density at radius 3 is 2.61 bits per heavy atom. The number of hydrogen-bond donors (Lipinski definition) is 2. The number of carbonyl (C=O) groups excluding carboxylic acids is 1. The Morgan fingerprint density at radius 2 is 1.96 bits per heavy atom. The minimum Gasteiger partial charge on any atom is -0.320 e. The molecule has 6 nitrogen and oxygen atoms in total. The number of para-hydroxylation sites is 1. The third-order valence-electron chi connectivity index (χ3n) is 3.62. The molecular formula is C15H11F2N3O3. The summed E-state index contributed by atoms with van der Waals surface area (Å²) in [4.78, 5) is 22.6. The number of nitrogens with zero attached hydrogens (tertiary/aromatic N) is 1. The molecule has 23 heavy (non-hydrogen) atoms. The molecule has 0 aromatic heterocycles. The summed E-state index contributed by atoms with van der Waals surface area (Å²) in [5, 5.41) is 15.9. The normalized spacial score (nSPS) is 16.0. The molecule has 2 N–H and O–H groups in total. The van der Waals surface area contributed by atoms with E-state index in [0.717, 1.165) is 17.7 Å². The highest BCUT2D eigenvalue weighted by molar-refractivity contribution is 5.96. The van der Waals surface area contributed by atoms with Crippen molar-refractivity contribution in [3.05, 3.63) is 69.3 Å². The van der Waals surface area contributed by atoms with E-state index in [-0.39, 0.29) is 5.69 Å². The fraction of sp³-hybridized carbons (Fsp3) is 0.133. The van der Waals surface area contributed by atoms with Gasteiger partial charge >= 0.3 is 0 Å². The van der Waals surface area contributed by atoms with Crippen LogP contribution >= 0.6 is 0 Å². The van der Waals surface area contributed by atoms with E-state index in [4.69, 9.17) is 0 Å². The van der Waals surface area contributed by atoms with Crippen molar-refractivity contribution < 1.29 is 18.5 Å². The molecule has 8 heteroatoms. The quantitative estimate of drug-likeness (QED) is 0.673. The minimum absolute atomic E-state index is 0.151. The van der Waals surface area contributed by atoms with Crippen molar-refractivity contribution in [1.82, 2.24) is 5.32 Å². The van der Waals surface area contributed by atoms with Crippen LogP contribution in [0.3, 0.4) is 0 Å². The second-order valence-electron chi connectivity index (χ2n) is 5.04.